The number of halogens is 7. The maximum absolute atomic E-state index is 13.9. The molecule has 2 N–H and O–H groups in total. The Morgan fingerprint density at radius 2 is 1.68 bits per heavy atom. The molecule has 0 saturated carbocycles. The Labute approximate surface area is 236 Å². The Kier molecular flexibility index (Phi) is 9.14. The molecule has 0 spiro atoms. The normalized spacial score (nSPS) is 15.2. The van der Waals surface area contributed by atoms with E-state index in [4.69, 9.17) is 22.1 Å². The Morgan fingerprint density at radius 3 is 2.24 bits per heavy atom. The summed E-state index contributed by atoms with van der Waals surface area (Å²) in [5, 5.41) is 8.48. The van der Waals surface area contributed by atoms with Crippen molar-refractivity contribution in [1.29, 1.82) is 0 Å². The third-order valence-corrected chi connectivity index (χ3v) is 7.00. The van der Waals surface area contributed by atoms with E-state index in [1.54, 1.807) is 36.1 Å². The molecule has 2 heterocycles. The first-order chi connectivity index (χ1) is 19.3. The molecular weight excluding hydrogens is 578 g/mol. The Morgan fingerprint density at radius 1 is 1.07 bits per heavy atom. The summed E-state index contributed by atoms with van der Waals surface area (Å²) in [7, 11) is 0. The predicted octanol–water partition coefficient (Wildman–Crippen LogP) is 5.02. The summed E-state index contributed by atoms with van der Waals surface area (Å²) in [6.07, 6.45) is -10.0. The number of nitrogens with zero attached hydrogens (tertiary/aromatic N) is 5. The SMILES string of the molecule is CC(c1ccccc1Cl)N(CCN)C(=O)c1nnn(Cc2cc(C(F)(F)F)cc(C(F)(F)F)c2)c1N1CCOCC1. The van der Waals surface area contributed by atoms with Crippen LogP contribution >= 0.6 is 11.6 Å². The molecule has 41 heavy (non-hydrogen) atoms. The Balaban J connectivity index is 1.78. The molecule has 1 atom stereocenters. The van der Waals surface area contributed by atoms with Crippen LogP contribution in [-0.4, -0.2) is 65.2 Å². The second kappa shape index (κ2) is 12.2. The molecule has 222 valence electrons. The molecule has 8 nitrogen and oxygen atoms in total. The molecule has 0 radical (unpaired) electrons. The molecule has 1 unspecified atom stereocenters. The highest BCUT2D eigenvalue weighted by molar-refractivity contribution is 6.31. The summed E-state index contributed by atoms with van der Waals surface area (Å²) in [5.41, 5.74) is 3.13. The maximum atomic E-state index is 13.9. The van der Waals surface area contributed by atoms with Crippen molar-refractivity contribution in [2.45, 2.75) is 31.9 Å². The first-order valence-electron chi connectivity index (χ1n) is 12.6. The van der Waals surface area contributed by atoms with Crippen molar-refractivity contribution in [2.24, 2.45) is 5.73 Å². The minimum absolute atomic E-state index is 0.0590. The molecular formula is C26H27ClF6N6O2. The molecule has 1 saturated heterocycles. The quantitative estimate of drug-likeness (QED) is 0.364. The second-order valence-corrected chi connectivity index (χ2v) is 9.82. The Hall–Kier alpha value is -3.36. The lowest BCUT2D eigenvalue weighted by molar-refractivity contribution is -0.143. The van der Waals surface area contributed by atoms with Crippen LogP contribution < -0.4 is 10.6 Å². The number of alkyl halides is 6. The summed E-state index contributed by atoms with van der Waals surface area (Å²) < 4.78 is 87.3. The number of anilines is 1. The second-order valence-electron chi connectivity index (χ2n) is 9.42. The van der Waals surface area contributed by atoms with E-state index in [0.29, 0.717) is 35.8 Å². The number of morpholine rings is 1. The highest BCUT2D eigenvalue weighted by atomic mass is 35.5. The van der Waals surface area contributed by atoms with Gasteiger partial charge in [0.15, 0.2) is 11.5 Å². The third kappa shape index (κ3) is 6.93. The fourth-order valence-corrected chi connectivity index (χ4v) is 4.95. The smallest absolute Gasteiger partial charge is 0.378 e. The van der Waals surface area contributed by atoms with Crippen LogP contribution in [0.4, 0.5) is 32.2 Å². The molecule has 1 fully saturated rings. The van der Waals surface area contributed by atoms with E-state index in [-0.39, 0.29) is 49.4 Å². The van der Waals surface area contributed by atoms with Crippen LogP contribution in [0.5, 0.6) is 0 Å². The van der Waals surface area contributed by atoms with Gasteiger partial charge in [-0.25, -0.2) is 4.68 Å². The van der Waals surface area contributed by atoms with Crippen LogP contribution in [0.25, 0.3) is 0 Å². The van der Waals surface area contributed by atoms with Crippen LogP contribution in [0, 0.1) is 0 Å². The van der Waals surface area contributed by atoms with E-state index in [1.807, 2.05) is 0 Å². The first kappa shape index (κ1) is 30.6. The van der Waals surface area contributed by atoms with Crippen molar-refractivity contribution < 1.29 is 35.9 Å². The number of amides is 1. The van der Waals surface area contributed by atoms with E-state index in [2.05, 4.69) is 10.3 Å². The van der Waals surface area contributed by atoms with Gasteiger partial charge in [0.25, 0.3) is 5.91 Å². The summed E-state index contributed by atoms with van der Waals surface area (Å²) in [5.74, 6) is -0.423. The van der Waals surface area contributed by atoms with E-state index in [9.17, 15) is 31.1 Å². The molecule has 0 aliphatic carbocycles. The van der Waals surface area contributed by atoms with Crippen LogP contribution in [0.3, 0.4) is 0 Å². The lowest BCUT2D eigenvalue weighted by atomic mass is 10.0. The van der Waals surface area contributed by atoms with Crippen molar-refractivity contribution in [3.05, 3.63) is 75.4 Å². The number of hydrogen-bond donors (Lipinski definition) is 1. The van der Waals surface area contributed by atoms with Crippen LogP contribution in [0.1, 0.15) is 45.7 Å². The fraction of sp³-hybridized carbons (Fsp3) is 0.423. The van der Waals surface area contributed by atoms with Crippen LogP contribution in [-0.2, 0) is 23.6 Å². The van der Waals surface area contributed by atoms with Crippen molar-refractivity contribution in [2.75, 3.05) is 44.3 Å². The van der Waals surface area contributed by atoms with Gasteiger partial charge in [-0.15, -0.1) is 5.10 Å². The number of ether oxygens (including phenoxy) is 1. The highest BCUT2D eigenvalue weighted by Crippen LogP contribution is 2.37. The summed E-state index contributed by atoms with van der Waals surface area (Å²) in [4.78, 5) is 17.1. The molecule has 3 aromatic rings. The third-order valence-electron chi connectivity index (χ3n) is 6.66. The van der Waals surface area contributed by atoms with E-state index in [0.717, 1.165) is 4.68 Å². The lowest BCUT2D eigenvalue weighted by Gasteiger charge is -2.32. The van der Waals surface area contributed by atoms with Crippen molar-refractivity contribution in [3.8, 4) is 0 Å². The summed E-state index contributed by atoms with van der Waals surface area (Å²) >= 11 is 6.37. The molecule has 1 aliphatic heterocycles. The number of nitrogens with two attached hydrogens (primary N) is 1. The number of carbonyl (C=O) groups excluding carboxylic acids is 1. The molecule has 15 heteroatoms. The highest BCUT2D eigenvalue weighted by Gasteiger charge is 2.37. The number of hydrogen-bond acceptors (Lipinski definition) is 6. The number of rotatable bonds is 8. The van der Waals surface area contributed by atoms with Crippen LogP contribution in [0.15, 0.2) is 42.5 Å². The summed E-state index contributed by atoms with van der Waals surface area (Å²) in [6.45, 7) is 2.62. The van der Waals surface area contributed by atoms with E-state index in [1.165, 1.54) is 4.90 Å². The Bertz CT molecular complexity index is 1340. The minimum Gasteiger partial charge on any atom is -0.378 e. The van der Waals surface area contributed by atoms with Gasteiger partial charge in [-0.1, -0.05) is 35.0 Å². The minimum atomic E-state index is -5.01. The van der Waals surface area contributed by atoms with Gasteiger partial charge in [0.1, 0.15) is 0 Å². The first-order valence-corrected chi connectivity index (χ1v) is 13.0. The largest absolute Gasteiger partial charge is 0.416 e. The zero-order valence-corrected chi connectivity index (χ0v) is 22.6. The zero-order valence-electron chi connectivity index (χ0n) is 21.8. The van der Waals surface area contributed by atoms with Gasteiger partial charge in [0.2, 0.25) is 0 Å². The van der Waals surface area contributed by atoms with E-state index < -0.39 is 42.0 Å². The monoisotopic (exact) mass is 604 g/mol. The fourth-order valence-electron chi connectivity index (χ4n) is 4.65. The van der Waals surface area contributed by atoms with Gasteiger partial charge >= 0.3 is 12.4 Å². The topological polar surface area (TPSA) is 89.5 Å². The van der Waals surface area contributed by atoms with Gasteiger partial charge in [0.05, 0.1) is 36.9 Å². The zero-order chi connectivity index (χ0) is 29.9. The van der Waals surface area contributed by atoms with Gasteiger partial charge in [0, 0.05) is 31.2 Å². The van der Waals surface area contributed by atoms with Gasteiger partial charge in [-0.2, -0.15) is 26.3 Å². The van der Waals surface area contributed by atoms with Crippen molar-refractivity contribution >= 4 is 23.3 Å². The van der Waals surface area contributed by atoms with E-state index >= 15 is 0 Å². The van der Waals surface area contributed by atoms with Gasteiger partial charge < -0.3 is 20.3 Å². The molecule has 0 bridgehead atoms. The average molecular weight is 605 g/mol. The molecule has 4 rings (SSSR count). The van der Waals surface area contributed by atoms with Crippen molar-refractivity contribution in [3.63, 3.8) is 0 Å². The number of benzene rings is 2. The standard InChI is InChI=1S/C26H27ClF6N6O2/c1-16(20-4-2-3-5-21(20)27)38(7-6-34)24(40)22-23(37-8-10-41-11-9-37)39(36-35-22)15-17-12-18(25(28,29)30)14-19(13-17)26(31,32)33/h2-5,12-14,16H,6-11,15,34H2,1H3. The average Bonchev–Trinajstić information content (AvgIpc) is 3.34. The lowest BCUT2D eigenvalue weighted by Crippen LogP contribution is -2.41. The predicted molar refractivity (Wildman–Crippen MR) is 139 cm³/mol. The van der Waals surface area contributed by atoms with Crippen LogP contribution in [0.2, 0.25) is 5.02 Å². The number of carbonyl (C=O) groups is 1. The number of aromatic nitrogens is 3. The van der Waals surface area contributed by atoms with Gasteiger partial charge in [-0.05, 0) is 42.3 Å². The molecule has 2 aromatic carbocycles. The van der Waals surface area contributed by atoms with Crippen molar-refractivity contribution in [1.82, 2.24) is 19.9 Å². The molecule has 1 aromatic heterocycles. The van der Waals surface area contributed by atoms with Gasteiger partial charge in [-0.3, -0.25) is 4.79 Å². The molecule has 1 aliphatic rings. The maximum Gasteiger partial charge on any atom is 0.416 e. The summed E-state index contributed by atoms with van der Waals surface area (Å²) in [6, 6.07) is 7.72. The molecule has 1 amide bonds.